The van der Waals surface area contributed by atoms with Crippen LogP contribution in [-0.2, 0) is 16.1 Å². The van der Waals surface area contributed by atoms with Crippen molar-refractivity contribution in [3.05, 3.63) is 11.9 Å². The van der Waals surface area contributed by atoms with Gasteiger partial charge in [0.2, 0.25) is 5.91 Å². The number of nitrogens with zero attached hydrogens (tertiary/aromatic N) is 3. The van der Waals surface area contributed by atoms with E-state index in [9.17, 15) is 9.59 Å². The Morgan fingerprint density at radius 2 is 2.17 bits per heavy atom. The first-order valence-electron chi connectivity index (χ1n) is 5.53. The van der Waals surface area contributed by atoms with Crippen LogP contribution in [0.3, 0.4) is 0 Å². The molecule has 100 valence electrons. The van der Waals surface area contributed by atoms with Crippen molar-refractivity contribution in [2.75, 3.05) is 19.9 Å². The fourth-order valence-corrected chi connectivity index (χ4v) is 1.31. The van der Waals surface area contributed by atoms with Crippen LogP contribution in [0.4, 0.5) is 5.69 Å². The molecule has 1 aromatic heterocycles. The highest BCUT2D eigenvalue weighted by Crippen LogP contribution is 2.10. The summed E-state index contributed by atoms with van der Waals surface area (Å²) in [6, 6.07) is 0.102. The molecule has 18 heavy (non-hydrogen) atoms. The van der Waals surface area contributed by atoms with Gasteiger partial charge in [-0.05, 0) is 13.8 Å². The first-order chi connectivity index (χ1) is 8.36. The van der Waals surface area contributed by atoms with Crippen LogP contribution in [0, 0.1) is 0 Å². The van der Waals surface area contributed by atoms with Crippen molar-refractivity contribution in [3.63, 3.8) is 0 Å². The van der Waals surface area contributed by atoms with E-state index in [0.717, 1.165) is 0 Å². The lowest BCUT2D eigenvalue weighted by Crippen LogP contribution is -2.35. The highest BCUT2D eigenvalue weighted by Gasteiger charge is 2.18. The van der Waals surface area contributed by atoms with Crippen molar-refractivity contribution in [2.24, 2.45) is 0 Å². The molecule has 0 fully saturated rings. The lowest BCUT2D eigenvalue weighted by atomic mass is 10.3. The Morgan fingerprint density at radius 3 is 2.67 bits per heavy atom. The Hall–Kier alpha value is -2.05. The zero-order valence-electron chi connectivity index (χ0n) is 11.0. The second kappa shape index (κ2) is 5.52. The summed E-state index contributed by atoms with van der Waals surface area (Å²) in [5.74, 6) is -0.722. The molecule has 0 atom stereocenters. The summed E-state index contributed by atoms with van der Waals surface area (Å²) < 4.78 is 5.87. The summed E-state index contributed by atoms with van der Waals surface area (Å²) in [7, 11) is 2.96. The fraction of sp³-hybridized carbons (Fsp3) is 0.545. The minimum atomic E-state index is -0.615. The Labute approximate surface area is 105 Å². The van der Waals surface area contributed by atoms with Crippen molar-refractivity contribution < 1.29 is 14.3 Å². The summed E-state index contributed by atoms with van der Waals surface area (Å²) in [6.07, 6.45) is 1.44. The first kappa shape index (κ1) is 14.0. The number of carbonyl (C=O) groups is 2. The average molecular weight is 254 g/mol. The smallest absolute Gasteiger partial charge is 0.360 e. The van der Waals surface area contributed by atoms with E-state index in [1.807, 2.05) is 13.8 Å². The standard InChI is InChI=1S/C11H18N4O3/c1-7(2)14(3)9(16)6-15-5-8(12)10(13-15)11(17)18-4/h5,7H,6,12H2,1-4H3. The number of hydrogen-bond donors (Lipinski definition) is 1. The van der Waals surface area contributed by atoms with Gasteiger partial charge in [-0.25, -0.2) is 4.79 Å². The monoisotopic (exact) mass is 254 g/mol. The number of rotatable bonds is 4. The van der Waals surface area contributed by atoms with Crippen LogP contribution in [0.1, 0.15) is 24.3 Å². The van der Waals surface area contributed by atoms with E-state index in [4.69, 9.17) is 5.73 Å². The van der Waals surface area contributed by atoms with Crippen molar-refractivity contribution in [1.29, 1.82) is 0 Å². The van der Waals surface area contributed by atoms with Crippen LogP contribution in [0.5, 0.6) is 0 Å². The molecule has 0 bridgehead atoms. The predicted molar refractivity (Wildman–Crippen MR) is 65.9 cm³/mol. The quantitative estimate of drug-likeness (QED) is 0.771. The molecule has 1 aromatic rings. The molecule has 1 heterocycles. The van der Waals surface area contributed by atoms with Crippen LogP contribution >= 0.6 is 0 Å². The van der Waals surface area contributed by atoms with Gasteiger partial charge in [0.05, 0.1) is 12.8 Å². The Morgan fingerprint density at radius 1 is 1.56 bits per heavy atom. The molecule has 2 N–H and O–H groups in total. The normalized spacial score (nSPS) is 10.5. The van der Waals surface area contributed by atoms with Gasteiger partial charge in [-0.3, -0.25) is 9.48 Å². The van der Waals surface area contributed by atoms with Crippen LogP contribution in [0.2, 0.25) is 0 Å². The highest BCUT2D eigenvalue weighted by atomic mass is 16.5. The molecule has 0 radical (unpaired) electrons. The van der Waals surface area contributed by atoms with Crippen LogP contribution in [0.15, 0.2) is 6.20 Å². The van der Waals surface area contributed by atoms with Crippen molar-refractivity contribution in [3.8, 4) is 0 Å². The van der Waals surface area contributed by atoms with E-state index in [0.29, 0.717) is 0 Å². The van der Waals surface area contributed by atoms with Gasteiger partial charge in [0.1, 0.15) is 6.54 Å². The molecule has 0 aliphatic heterocycles. The fourth-order valence-electron chi connectivity index (χ4n) is 1.31. The van der Waals surface area contributed by atoms with Gasteiger partial charge < -0.3 is 15.4 Å². The lowest BCUT2D eigenvalue weighted by Gasteiger charge is -2.21. The molecule has 0 aromatic carbocycles. The molecule has 0 saturated carbocycles. The predicted octanol–water partition coefficient (Wildman–Crippen LogP) is 0.119. The zero-order chi connectivity index (χ0) is 13.9. The number of methoxy groups -OCH3 is 1. The van der Waals surface area contributed by atoms with E-state index < -0.39 is 5.97 Å². The number of amides is 1. The third-order valence-electron chi connectivity index (χ3n) is 2.63. The van der Waals surface area contributed by atoms with Gasteiger partial charge in [0, 0.05) is 19.3 Å². The molecule has 0 spiro atoms. The van der Waals surface area contributed by atoms with E-state index in [-0.39, 0.29) is 29.9 Å². The van der Waals surface area contributed by atoms with Crippen molar-refractivity contribution >= 4 is 17.6 Å². The summed E-state index contributed by atoms with van der Waals surface area (Å²) in [5, 5.41) is 3.93. The SMILES string of the molecule is COC(=O)c1nn(CC(=O)N(C)C(C)C)cc1N. The number of nitrogens with two attached hydrogens (primary N) is 1. The first-order valence-corrected chi connectivity index (χ1v) is 5.53. The molecule has 0 aliphatic rings. The van der Waals surface area contributed by atoms with E-state index in [1.165, 1.54) is 18.0 Å². The van der Waals surface area contributed by atoms with Crippen LogP contribution in [0.25, 0.3) is 0 Å². The lowest BCUT2D eigenvalue weighted by molar-refractivity contribution is -0.132. The number of nitrogen functional groups attached to an aromatic ring is 1. The summed E-state index contributed by atoms with van der Waals surface area (Å²) in [4.78, 5) is 24.7. The summed E-state index contributed by atoms with van der Waals surface area (Å²) in [6.45, 7) is 3.86. The largest absolute Gasteiger partial charge is 0.464 e. The van der Waals surface area contributed by atoms with Gasteiger partial charge >= 0.3 is 5.97 Å². The van der Waals surface area contributed by atoms with Gasteiger partial charge in [-0.2, -0.15) is 5.10 Å². The third kappa shape index (κ3) is 2.99. The van der Waals surface area contributed by atoms with Crippen molar-refractivity contribution in [1.82, 2.24) is 14.7 Å². The van der Waals surface area contributed by atoms with Gasteiger partial charge in [0.25, 0.3) is 0 Å². The van der Waals surface area contributed by atoms with Crippen LogP contribution in [-0.4, -0.2) is 46.8 Å². The molecule has 1 amide bonds. The third-order valence-corrected chi connectivity index (χ3v) is 2.63. The van der Waals surface area contributed by atoms with Gasteiger partial charge in [-0.15, -0.1) is 0 Å². The van der Waals surface area contributed by atoms with E-state index in [2.05, 4.69) is 9.84 Å². The number of esters is 1. The minimum absolute atomic E-state index is 0.0255. The Bertz CT molecular complexity index is 453. The Kier molecular flexibility index (Phi) is 4.30. The van der Waals surface area contributed by atoms with E-state index in [1.54, 1.807) is 11.9 Å². The maximum Gasteiger partial charge on any atom is 0.360 e. The second-order valence-electron chi connectivity index (χ2n) is 4.22. The van der Waals surface area contributed by atoms with Crippen LogP contribution < -0.4 is 5.73 Å². The molecular weight excluding hydrogens is 236 g/mol. The number of anilines is 1. The molecule has 0 saturated heterocycles. The number of aromatic nitrogens is 2. The maximum atomic E-state index is 11.8. The van der Waals surface area contributed by atoms with Gasteiger partial charge in [0.15, 0.2) is 5.69 Å². The molecule has 7 heteroatoms. The molecule has 0 unspecified atom stereocenters. The molecule has 1 rings (SSSR count). The average Bonchev–Trinajstić information content (AvgIpc) is 2.67. The topological polar surface area (TPSA) is 90.4 Å². The number of likely N-dealkylation sites (N-methyl/N-ethyl adjacent to an activating group) is 1. The van der Waals surface area contributed by atoms with E-state index >= 15 is 0 Å². The molecule has 7 nitrogen and oxygen atoms in total. The van der Waals surface area contributed by atoms with Gasteiger partial charge in [-0.1, -0.05) is 0 Å². The number of hydrogen-bond acceptors (Lipinski definition) is 5. The summed E-state index contributed by atoms with van der Waals surface area (Å²) >= 11 is 0. The van der Waals surface area contributed by atoms with Crippen molar-refractivity contribution in [2.45, 2.75) is 26.4 Å². The Balaban J connectivity index is 2.81. The second-order valence-corrected chi connectivity index (χ2v) is 4.22. The highest BCUT2D eigenvalue weighted by molar-refractivity contribution is 5.92. The minimum Gasteiger partial charge on any atom is -0.464 e. The molecular formula is C11H18N4O3. The summed E-state index contributed by atoms with van der Waals surface area (Å²) in [5.41, 5.74) is 5.84. The number of ether oxygens (including phenoxy) is 1. The number of carbonyl (C=O) groups excluding carboxylic acids is 2. The zero-order valence-corrected chi connectivity index (χ0v) is 11.0. The maximum absolute atomic E-state index is 11.8. The molecule has 0 aliphatic carbocycles.